The van der Waals surface area contributed by atoms with Crippen molar-refractivity contribution in [2.75, 3.05) is 14.2 Å². The molecular weight excluding hydrogens is 344 g/mol. The van der Waals surface area contributed by atoms with Gasteiger partial charge in [-0.2, -0.15) is 0 Å². The zero-order valence-electron chi connectivity index (χ0n) is 20.1. The Morgan fingerprint density at radius 1 is 0.714 bits per heavy atom. The number of unbranched alkanes of at least 4 members (excludes halogenated alkanes) is 5. The molecule has 166 valence electrons. The van der Waals surface area contributed by atoms with Gasteiger partial charge in [0.1, 0.15) is 0 Å². The maximum atomic E-state index is 6.46. The Kier molecular flexibility index (Phi) is 9.81. The third-order valence-corrected chi connectivity index (χ3v) is 8.65. The fraction of sp³-hybridized carbons (Fsp3) is 1.00. The second kappa shape index (κ2) is 11.3. The van der Waals surface area contributed by atoms with Gasteiger partial charge in [-0.05, 0) is 48.9 Å². The van der Waals surface area contributed by atoms with Crippen molar-refractivity contribution in [2.45, 2.75) is 111 Å². The van der Waals surface area contributed by atoms with Crippen LogP contribution in [0.4, 0.5) is 0 Å². The summed E-state index contributed by atoms with van der Waals surface area (Å²) in [6, 6.07) is 0. The molecule has 2 fully saturated rings. The first kappa shape index (κ1) is 24.2. The van der Waals surface area contributed by atoms with E-state index in [-0.39, 0.29) is 0 Å². The Hall–Kier alpha value is -0.0800. The van der Waals surface area contributed by atoms with Gasteiger partial charge in [0, 0.05) is 26.1 Å². The highest BCUT2D eigenvalue weighted by atomic mass is 16.7. The van der Waals surface area contributed by atoms with Crippen molar-refractivity contribution in [2.24, 2.45) is 41.4 Å². The average Bonchev–Trinajstić information content (AvgIpc) is 3.20. The molecule has 0 aromatic heterocycles. The van der Waals surface area contributed by atoms with E-state index in [0.29, 0.717) is 23.7 Å². The Balaban J connectivity index is 2.23. The SMILES string of the molecule is CCCCCCCCC(C1C(C)CCC1C)C(OC)(OC)C1C(C)CCC1C. The Labute approximate surface area is 176 Å². The van der Waals surface area contributed by atoms with E-state index in [2.05, 4.69) is 34.6 Å². The Morgan fingerprint density at radius 2 is 1.18 bits per heavy atom. The summed E-state index contributed by atoms with van der Waals surface area (Å²) in [5, 5.41) is 0. The first-order valence-electron chi connectivity index (χ1n) is 12.5. The van der Waals surface area contributed by atoms with E-state index in [1.54, 1.807) is 0 Å². The van der Waals surface area contributed by atoms with Crippen LogP contribution in [0, 0.1) is 41.4 Å². The van der Waals surface area contributed by atoms with Gasteiger partial charge < -0.3 is 9.47 Å². The van der Waals surface area contributed by atoms with Crippen molar-refractivity contribution in [1.82, 2.24) is 0 Å². The summed E-state index contributed by atoms with van der Waals surface area (Å²) in [7, 11) is 3.86. The van der Waals surface area contributed by atoms with Crippen LogP contribution < -0.4 is 0 Å². The lowest BCUT2D eigenvalue weighted by atomic mass is 9.66. The van der Waals surface area contributed by atoms with E-state index in [4.69, 9.17) is 9.47 Å². The van der Waals surface area contributed by atoms with Crippen molar-refractivity contribution < 1.29 is 9.47 Å². The van der Waals surface area contributed by atoms with Gasteiger partial charge in [-0.1, -0.05) is 86.0 Å². The van der Waals surface area contributed by atoms with Gasteiger partial charge in [-0.3, -0.25) is 0 Å². The zero-order chi connectivity index (χ0) is 20.7. The second-order valence-electron chi connectivity index (χ2n) is 10.5. The molecule has 5 atom stereocenters. The Morgan fingerprint density at radius 3 is 1.68 bits per heavy atom. The molecule has 28 heavy (non-hydrogen) atoms. The van der Waals surface area contributed by atoms with Crippen LogP contribution in [0.3, 0.4) is 0 Å². The minimum atomic E-state index is -0.406. The molecule has 0 saturated heterocycles. The lowest BCUT2D eigenvalue weighted by Crippen LogP contribution is -2.55. The van der Waals surface area contributed by atoms with E-state index >= 15 is 0 Å². The van der Waals surface area contributed by atoms with Gasteiger partial charge in [0.25, 0.3) is 0 Å². The summed E-state index contributed by atoms with van der Waals surface area (Å²) in [4.78, 5) is 0. The van der Waals surface area contributed by atoms with Crippen molar-refractivity contribution in [3.05, 3.63) is 0 Å². The summed E-state index contributed by atoms with van der Waals surface area (Å²) in [5.74, 6) is 4.32. The Bertz CT molecular complexity index is 410. The molecule has 2 aliphatic rings. The monoisotopic (exact) mass is 394 g/mol. The molecule has 0 aromatic rings. The highest BCUT2D eigenvalue weighted by Gasteiger charge is 2.56. The summed E-state index contributed by atoms with van der Waals surface area (Å²) >= 11 is 0. The molecule has 0 spiro atoms. The lowest BCUT2D eigenvalue weighted by molar-refractivity contribution is -0.296. The quantitative estimate of drug-likeness (QED) is 0.249. The molecule has 5 unspecified atom stereocenters. The number of ether oxygens (including phenoxy) is 2. The first-order valence-corrected chi connectivity index (χ1v) is 12.5. The van der Waals surface area contributed by atoms with Crippen LogP contribution in [-0.4, -0.2) is 20.0 Å². The largest absolute Gasteiger partial charge is 0.353 e. The molecule has 0 bridgehead atoms. The minimum absolute atomic E-state index is 0.406. The van der Waals surface area contributed by atoms with E-state index in [1.807, 2.05) is 14.2 Å². The normalized spacial score (nSPS) is 34.8. The topological polar surface area (TPSA) is 18.5 Å². The van der Waals surface area contributed by atoms with Gasteiger partial charge in [-0.25, -0.2) is 0 Å². The third-order valence-electron chi connectivity index (χ3n) is 8.65. The molecule has 2 rings (SSSR count). The molecular formula is C26H50O2. The summed E-state index contributed by atoms with van der Waals surface area (Å²) in [5.41, 5.74) is 0. The fourth-order valence-electron chi connectivity index (χ4n) is 7.22. The number of methoxy groups -OCH3 is 2. The van der Waals surface area contributed by atoms with Crippen molar-refractivity contribution in [1.29, 1.82) is 0 Å². The molecule has 0 aliphatic heterocycles. The number of hydrogen-bond donors (Lipinski definition) is 0. The minimum Gasteiger partial charge on any atom is -0.353 e. The van der Waals surface area contributed by atoms with Crippen molar-refractivity contribution >= 4 is 0 Å². The standard InChI is InChI=1S/C26H50O2/c1-8-9-10-11-12-13-14-23(24-19(2)15-16-20(24)3)26(27-6,28-7)25-21(4)17-18-22(25)5/h19-25H,8-18H2,1-7H3. The third kappa shape index (κ3) is 5.15. The van der Waals surface area contributed by atoms with Gasteiger partial charge in [0.15, 0.2) is 5.79 Å². The van der Waals surface area contributed by atoms with Crippen LogP contribution in [0.2, 0.25) is 0 Å². The van der Waals surface area contributed by atoms with Crippen LogP contribution in [0.15, 0.2) is 0 Å². The second-order valence-corrected chi connectivity index (χ2v) is 10.5. The molecule has 0 amide bonds. The summed E-state index contributed by atoms with van der Waals surface area (Å²) in [6.45, 7) is 12.1. The number of rotatable bonds is 12. The maximum absolute atomic E-state index is 6.46. The van der Waals surface area contributed by atoms with Crippen LogP contribution in [0.25, 0.3) is 0 Å². The molecule has 0 radical (unpaired) electrons. The average molecular weight is 395 g/mol. The highest BCUT2D eigenvalue weighted by Crippen LogP contribution is 2.55. The van der Waals surface area contributed by atoms with Crippen LogP contribution in [0.5, 0.6) is 0 Å². The van der Waals surface area contributed by atoms with E-state index in [9.17, 15) is 0 Å². The molecule has 2 heteroatoms. The van der Waals surface area contributed by atoms with Crippen molar-refractivity contribution in [3.8, 4) is 0 Å². The van der Waals surface area contributed by atoms with Crippen LogP contribution in [-0.2, 0) is 9.47 Å². The number of hydrogen-bond acceptors (Lipinski definition) is 2. The summed E-state index contributed by atoms with van der Waals surface area (Å²) in [6.07, 6.45) is 14.8. The maximum Gasteiger partial charge on any atom is 0.173 e. The van der Waals surface area contributed by atoms with Crippen LogP contribution in [0.1, 0.15) is 105 Å². The first-order chi connectivity index (χ1) is 13.4. The highest BCUT2D eigenvalue weighted by molar-refractivity contribution is 5.00. The summed E-state index contributed by atoms with van der Waals surface area (Å²) < 4.78 is 12.9. The molecule has 0 aromatic carbocycles. The molecule has 2 aliphatic carbocycles. The predicted molar refractivity (Wildman–Crippen MR) is 120 cm³/mol. The van der Waals surface area contributed by atoms with Gasteiger partial charge in [-0.15, -0.1) is 0 Å². The van der Waals surface area contributed by atoms with Gasteiger partial charge >= 0.3 is 0 Å². The lowest BCUT2D eigenvalue weighted by Gasteiger charge is -2.50. The zero-order valence-corrected chi connectivity index (χ0v) is 20.1. The van der Waals surface area contributed by atoms with Crippen molar-refractivity contribution in [3.63, 3.8) is 0 Å². The van der Waals surface area contributed by atoms with Crippen LogP contribution >= 0.6 is 0 Å². The van der Waals surface area contributed by atoms with E-state index in [0.717, 1.165) is 17.8 Å². The molecule has 0 heterocycles. The predicted octanol–water partition coefficient (Wildman–Crippen LogP) is 7.71. The fourth-order valence-corrected chi connectivity index (χ4v) is 7.22. The molecule has 2 saturated carbocycles. The smallest absolute Gasteiger partial charge is 0.173 e. The van der Waals surface area contributed by atoms with Gasteiger partial charge in [0.2, 0.25) is 0 Å². The van der Waals surface area contributed by atoms with E-state index < -0.39 is 5.79 Å². The van der Waals surface area contributed by atoms with Gasteiger partial charge in [0.05, 0.1) is 0 Å². The molecule has 2 nitrogen and oxygen atoms in total. The molecule has 0 N–H and O–H groups in total. The van der Waals surface area contributed by atoms with E-state index in [1.165, 1.54) is 70.6 Å².